The summed E-state index contributed by atoms with van der Waals surface area (Å²) in [6.07, 6.45) is 6.09. The molecule has 0 spiro atoms. The molecule has 4 aromatic rings. The van der Waals surface area contributed by atoms with Crippen LogP contribution >= 0.6 is 11.6 Å². The van der Waals surface area contributed by atoms with Gasteiger partial charge in [-0.15, -0.1) is 0 Å². The number of unbranched alkanes of at least 4 members (excludes halogenated alkanes) is 3. The lowest BCUT2D eigenvalue weighted by Gasteiger charge is -2.21. The summed E-state index contributed by atoms with van der Waals surface area (Å²) in [5, 5.41) is 10.8. The molecular formula is C36H48ClN7O5. The smallest absolute Gasteiger partial charge is 0.403 e. The highest BCUT2D eigenvalue weighted by molar-refractivity contribution is 6.61. The van der Waals surface area contributed by atoms with Crippen LogP contribution in [-0.2, 0) is 27.9 Å². The van der Waals surface area contributed by atoms with Crippen molar-refractivity contribution in [3.05, 3.63) is 83.8 Å². The molecular weight excluding hydrogens is 646 g/mol. The van der Waals surface area contributed by atoms with Gasteiger partial charge in [-0.3, -0.25) is 19.9 Å². The van der Waals surface area contributed by atoms with Crippen molar-refractivity contribution in [2.45, 2.75) is 66.3 Å². The molecule has 1 amide bonds. The van der Waals surface area contributed by atoms with Crippen molar-refractivity contribution in [3.63, 3.8) is 0 Å². The summed E-state index contributed by atoms with van der Waals surface area (Å²) in [5.74, 6) is 0.623. The summed E-state index contributed by atoms with van der Waals surface area (Å²) in [4.78, 5) is 46.0. The molecule has 0 aliphatic rings. The third-order valence-electron chi connectivity index (χ3n) is 7.10. The maximum absolute atomic E-state index is 13.5. The highest BCUT2D eigenvalue weighted by Crippen LogP contribution is 2.21. The van der Waals surface area contributed by atoms with Crippen LogP contribution in [0.3, 0.4) is 0 Å². The predicted octanol–water partition coefficient (Wildman–Crippen LogP) is 7.43. The third-order valence-corrected chi connectivity index (χ3v) is 7.21. The lowest BCUT2D eigenvalue weighted by atomic mass is 10.1. The van der Waals surface area contributed by atoms with Gasteiger partial charge in [0.2, 0.25) is 0 Å². The van der Waals surface area contributed by atoms with Gasteiger partial charge in [-0.2, -0.15) is 0 Å². The molecule has 0 radical (unpaired) electrons. The number of nitrogen functional groups attached to an aromatic ring is 1. The standard InChI is InChI=1S/C27H29N7O3.C7H13ClO2.C2H6/c1-3-37-25(35)13-15-34(23-6-4-5-14-30-23)27(36)19-9-12-22-21(16-19)32-24(33(22)2)17-31-20-10-7-18(8-11-20)26(28)29;1-2-3-4-5-6-10-7(8)9;1-2/h4-12,14,16,31H,3,13,15,17H2,1-2H3,(H3,28,29);2-6H2,1H3;1-2H3. The number of esters is 1. The number of anilines is 2. The molecule has 0 bridgehead atoms. The summed E-state index contributed by atoms with van der Waals surface area (Å²) in [5.41, 5.74) is 8.37. The number of imidazole rings is 1. The Hall–Kier alpha value is -4.97. The number of halogens is 1. The first-order valence-corrected chi connectivity index (χ1v) is 16.9. The van der Waals surface area contributed by atoms with Crippen molar-refractivity contribution in [1.82, 2.24) is 14.5 Å². The Morgan fingerprint density at radius 3 is 2.31 bits per heavy atom. The number of pyridine rings is 1. The summed E-state index contributed by atoms with van der Waals surface area (Å²) in [6, 6.07) is 18.0. The van der Waals surface area contributed by atoms with E-state index in [1.54, 1.807) is 55.6 Å². The van der Waals surface area contributed by atoms with Gasteiger partial charge in [-0.25, -0.2) is 14.8 Å². The number of amidine groups is 1. The van der Waals surface area contributed by atoms with Crippen LogP contribution in [0, 0.1) is 5.41 Å². The van der Waals surface area contributed by atoms with Crippen molar-refractivity contribution >= 4 is 57.3 Å². The number of nitrogens with one attached hydrogen (secondary N) is 2. The maximum atomic E-state index is 13.5. The molecule has 0 unspecified atom stereocenters. The van der Waals surface area contributed by atoms with E-state index in [0.29, 0.717) is 35.6 Å². The number of amides is 1. The van der Waals surface area contributed by atoms with Crippen LogP contribution in [0.1, 0.15) is 81.5 Å². The minimum absolute atomic E-state index is 0.0229. The van der Waals surface area contributed by atoms with Crippen molar-refractivity contribution < 1.29 is 23.9 Å². The Labute approximate surface area is 293 Å². The Bertz CT molecular complexity index is 1630. The zero-order valence-electron chi connectivity index (χ0n) is 29.0. The lowest BCUT2D eigenvalue weighted by Crippen LogP contribution is -2.34. The molecule has 0 aliphatic carbocycles. The molecule has 4 N–H and O–H groups in total. The third kappa shape index (κ3) is 13.2. The highest BCUT2D eigenvalue weighted by Gasteiger charge is 2.21. The van der Waals surface area contributed by atoms with Crippen LogP contribution < -0.4 is 16.0 Å². The molecule has 0 atom stereocenters. The van der Waals surface area contributed by atoms with E-state index in [4.69, 9.17) is 32.5 Å². The second kappa shape index (κ2) is 21.8. The van der Waals surface area contributed by atoms with Gasteiger partial charge in [0.05, 0.1) is 37.2 Å². The SMILES string of the molecule is CC.CCCCCCOC(=O)Cl.CCOC(=O)CCN(C(=O)c1ccc2c(c1)nc(CNc1ccc(C(=N)N)cc1)n2C)c1ccccn1. The number of benzene rings is 2. The van der Waals surface area contributed by atoms with Gasteiger partial charge in [-0.1, -0.05) is 46.1 Å². The van der Waals surface area contributed by atoms with Crippen LogP contribution in [0.4, 0.5) is 16.3 Å². The second-order valence-corrected chi connectivity index (χ2v) is 10.8. The molecule has 0 saturated heterocycles. The number of carbonyl (C=O) groups is 3. The van der Waals surface area contributed by atoms with Gasteiger partial charge in [0.15, 0.2) is 0 Å². The van der Waals surface area contributed by atoms with Crippen molar-refractivity contribution in [3.8, 4) is 0 Å². The van der Waals surface area contributed by atoms with Crippen molar-refractivity contribution in [2.75, 3.05) is 30.0 Å². The monoisotopic (exact) mass is 693 g/mol. The van der Waals surface area contributed by atoms with E-state index >= 15 is 0 Å². The Balaban J connectivity index is 0.000000598. The number of rotatable bonds is 15. The van der Waals surface area contributed by atoms with Gasteiger partial charge < -0.3 is 25.1 Å². The molecule has 2 aromatic heterocycles. The van der Waals surface area contributed by atoms with Crippen LogP contribution in [0.15, 0.2) is 66.9 Å². The van der Waals surface area contributed by atoms with Crippen LogP contribution in [0.25, 0.3) is 11.0 Å². The van der Waals surface area contributed by atoms with E-state index in [1.165, 1.54) is 17.7 Å². The second-order valence-electron chi connectivity index (χ2n) is 10.5. The predicted molar refractivity (Wildman–Crippen MR) is 195 cm³/mol. The number of hydrogen-bond acceptors (Lipinski definition) is 9. The molecule has 2 aromatic carbocycles. The van der Waals surface area contributed by atoms with Crippen molar-refractivity contribution in [1.29, 1.82) is 5.41 Å². The normalized spacial score (nSPS) is 10.2. The Kier molecular flexibility index (Phi) is 17.9. The minimum atomic E-state index is -0.698. The number of aryl methyl sites for hydroxylation is 1. The van der Waals surface area contributed by atoms with E-state index in [9.17, 15) is 14.4 Å². The first-order valence-electron chi connectivity index (χ1n) is 16.5. The van der Waals surface area contributed by atoms with Gasteiger partial charge in [0, 0.05) is 48.2 Å². The van der Waals surface area contributed by atoms with Gasteiger partial charge >= 0.3 is 11.4 Å². The quantitative estimate of drug-likeness (QED) is 0.0377. The maximum Gasteiger partial charge on any atom is 0.403 e. The molecule has 13 heteroatoms. The van der Waals surface area contributed by atoms with E-state index < -0.39 is 5.43 Å². The average Bonchev–Trinajstić information content (AvgIpc) is 3.43. The van der Waals surface area contributed by atoms with E-state index in [0.717, 1.165) is 29.9 Å². The first-order chi connectivity index (χ1) is 23.6. The number of carbonyl (C=O) groups excluding carboxylic acids is 3. The fourth-order valence-corrected chi connectivity index (χ4v) is 4.67. The van der Waals surface area contributed by atoms with Gasteiger partial charge in [0.1, 0.15) is 17.5 Å². The number of ether oxygens (including phenoxy) is 2. The summed E-state index contributed by atoms with van der Waals surface area (Å²) >= 11 is 4.93. The molecule has 0 aliphatic heterocycles. The van der Waals surface area contributed by atoms with Crippen molar-refractivity contribution in [2.24, 2.45) is 12.8 Å². The zero-order valence-corrected chi connectivity index (χ0v) is 29.8. The topological polar surface area (TPSA) is 166 Å². The molecule has 0 fully saturated rings. The minimum Gasteiger partial charge on any atom is -0.466 e. The van der Waals surface area contributed by atoms with E-state index in [1.807, 2.05) is 43.7 Å². The molecule has 0 saturated carbocycles. The molecule has 2 heterocycles. The fraction of sp³-hybridized carbons (Fsp3) is 0.389. The van der Waals surface area contributed by atoms with Crippen LogP contribution in [0.2, 0.25) is 0 Å². The fourth-order valence-electron chi connectivity index (χ4n) is 4.60. The number of aromatic nitrogens is 3. The highest BCUT2D eigenvalue weighted by atomic mass is 35.5. The van der Waals surface area contributed by atoms with Gasteiger partial charge in [-0.05, 0) is 67.9 Å². The van der Waals surface area contributed by atoms with Gasteiger partial charge in [0.25, 0.3) is 5.91 Å². The van der Waals surface area contributed by atoms with E-state index in [-0.39, 0.29) is 37.3 Å². The number of fused-ring (bicyclic) bond motifs is 1. The zero-order chi connectivity index (χ0) is 36.2. The number of nitrogens with two attached hydrogens (primary N) is 1. The van der Waals surface area contributed by atoms with Crippen LogP contribution in [-0.4, -0.2) is 57.4 Å². The molecule has 4 rings (SSSR count). The molecule has 49 heavy (non-hydrogen) atoms. The number of hydrogen-bond donors (Lipinski definition) is 3. The lowest BCUT2D eigenvalue weighted by molar-refractivity contribution is -0.142. The first kappa shape index (κ1) is 40.2. The summed E-state index contributed by atoms with van der Waals surface area (Å²) in [7, 11) is 1.92. The number of nitrogens with zero attached hydrogens (tertiary/aromatic N) is 4. The molecule has 12 nitrogen and oxygen atoms in total. The Morgan fingerprint density at radius 2 is 1.69 bits per heavy atom. The molecule has 264 valence electrons. The summed E-state index contributed by atoms with van der Waals surface area (Å²) in [6.45, 7) is 9.24. The van der Waals surface area contributed by atoms with Crippen LogP contribution in [0.5, 0.6) is 0 Å². The largest absolute Gasteiger partial charge is 0.466 e. The summed E-state index contributed by atoms with van der Waals surface area (Å²) < 4.78 is 11.5. The Morgan fingerprint density at radius 1 is 0.980 bits per heavy atom. The average molecular weight is 694 g/mol. The van der Waals surface area contributed by atoms with E-state index in [2.05, 4.69) is 22.0 Å².